The first kappa shape index (κ1) is 14.1. The summed E-state index contributed by atoms with van der Waals surface area (Å²) in [7, 11) is 0. The first-order chi connectivity index (χ1) is 10.9. The molecule has 0 saturated carbocycles. The van der Waals surface area contributed by atoms with Gasteiger partial charge in [-0.25, -0.2) is 4.79 Å². The molecular formula is C18H17NO4. The molecule has 1 atom stereocenters. The van der Waals surface area contributed by atoms with Crippen molar-refractivity contribution in [2.45, 2.75) is 32.0 Å². The maximum atomic E-state index is 12.3. The predicted octanol–water partition coefficient (Wildman–Crippen LogP) is 2.88. The van der Waals surface area contributed by atoms with Gasteiger partial charge in [0.05, 0.1) is 16.7 Å². The Morgan fingerprint density at radius 2 is 2.04 bits per heavy atom. The standard InChI is InChI=1S/C18H17NO4/c1-18(2,22)14-8-10-11(17(21)23-14)7-13(20)16-15(10)9-5-3-4-6-12(9)19-16/h3-7,14,19-20,22H,8H2,1-2H3/t14-/m1/s1. The molecule has 3 N–H and O–H groups in total. The summed E-state index contributed by atoms with van der Waals surface area (Å²) in [6.07, 6.45) is -0.215. The highest BCUT2D eigenvalue weighted by Crippen LogP contribution is 2.39. The second kappa shape index (κ2) is 4.49. The van der Waals surface area contributed by atoms with Crippen molar-refractivity contribution in [3.05, 3.63) is 41.5 Å². The van der Waals surface area contributed by atoms with Gasteiger partial charge in [-0.05, 0) is 31.5 Å². The number of aromatic hydroxyl groups is 1. The average Bonchev–Trinajstić information content (AvgIpc) is 2.88. The quantitative estimate of drug-likeness (QED) is 0.604. The van der Waals surface area contributed by atoms with E-state index in [0.29, 0.717) is 17.5 Å². The normalized spacial score (nSPS) is 18.2. The number of para-hydroxylation sites is 1. The van der Waals surface area contributed by atoms with Crippen LogP contribution in [0.2, 0.25) is 0 Å². The molecule has 2 aromatic carbocycles. The number of carbonyl (C=O) groups excluding carboxylic acids is 1. The zero-order chi connectivity index (χ0) is 16.4. The molecule has 0 bridgehead atoms. The fourth-order valence-electron chi connectivity index (χ4n) is 3.29. The third-order valence-corrected chi connectivity index (χ3v) is 4.52. The van der Waals surface area contributed by atoms with Gasteiger partial charge < -0.3 is 19.9 Å². The van der Waals surface area contributed by atoms with Crippen LogP contribution in [-0.4, -0.2) is 32.9 Å². The Bertz CT molecular complexity index is 949. The number of hydrogen-bond acceptors (Lipinski definition) is 4. The summed E-state index contributed by atoms with van der Waals surface area (Å²) >= 11 is 0. The van der Waals surface area contributed by atoms with Crippen molar-refractivity contribution in [1.82, 2.24) is 4.98 Å². The number of carbonyl (C=O) groups is 1. The number of cyclic esters (lactones) is 1. The van der Waals surface area contributed by atoms with E-state index in [1.165, 1.54) is 6.07 Å². The minimum atomic E-state index is -1.14. The van der Waals surface area contributed by atoms with Gasteiger partial charge in [0.25, 0.3) is 0 Å². The number of esters is 1. The van der Waals surface area contributed by atoms with Gasteiger partial charge in [-0.2, -0.15) is 0 Å². The first-order valence-electron chi connectivity index (χ1n) is 7.55. The van der Waals surface area contributed by atoms with Gasteiger partial charge in [0.15, 0.2) is 0 Å². The number of ether oxygens (including phenoxy) is 1. The first-order valence-corrected chi connectivity index (χ1v) is 7.55. The number of aliphatic hydroxyl groups is 1. The molecule has 1 aromatic heterocycles. The Balaban J connectivity index is 2.07. The van der Waals surface area contributed by atoms with Crippen LogP contribution in [-0.2, 0) is 11.2 Å². The molecule has 0 saturated heterocycles. The molecule has 0 spiro atoms. The largest absolute Gasteiger partial charge is 0.506 e. The molecular weight excluding hydrogens is 294 g/mol. The van der Waals surface area contributed by atoms with Crippen LogP contribution in [0.4, 0.5) is 0 Å². The summed E-state index contributed by atoms with van der Waals surface area (Å²) in [5.41, 5.74) is 1.53. The minimum absolute atomic E-state index is 0.0219. The summed E-state index contributed by atoms with van der Waals surface area (Å²) in [6.45, 7) is 3.26. The van der Waals surface area contributed by atoms with Crippen LogP contribution >= 0.6 is 0 Å². The molecule has 23 heavy (non-hydrogen) atoms. The maximum Gasteiger partial charge on any atom is 0.338 e. The van der Waals surface area contributed by atoms with E-state index in [-0.39, 0.29) is 5.75 Å². The van der Waals surface area contributed by atoms with Gasteiger partial charge in [0.2, 0.25) is 0 Å². The Labute approximate surface area is 132 Å². The lowest BCUT2D eigenvalue weighted by Gasteiger charge is -2.33. The monoisotopic (exact) mass is 311 g/mol. The molecule has 5 nitrogen and oxygen atoms in total. The zero-order valence-corrected chi connectivity index (χ0v) is 12.9. The molecule has 0 unspecified atom stereocenters. The highest BCUT2D eigenvalue weighted by molar-refractivity contribution is 6.14. The second-order valence-corrected chi connectivity index (χ2v) is 6.59. The van der Waals surface area contributed by atoms with Crippen molar-refractivity contribution in [2.75, 3.05) is 0 Å². The molecule has 0 radical (unpaired) electrons. The van der Waals surface area contributed by atoms with Crippen LogP contribution in [0.5, 0.6) is 5.75 Å². The molecule has 2 heterocycles. The number of fused-ring (bicyclic) bond motifs is 5. The number of rotatable bonds is 1. The van der Waals surface area contributed by atoms with Gasteiger partial charge >= 0.3 is 5.97 Å². The number of benzene rings is 2. The van der Waals surface area contributed by atoms with Crippen molar-refractivity contribution in [3.63, 3.8) is 0 Å². The molecule has 1 aliphatic rings. The Kier molecular flexibility index (Phi) is 2.75. The van der Waals surface area contributed by atoms with Crippen LogP contribution in [0.25, 0.3) is 21.8 Å². The second-order valence-electron chi connectivity index (χ2n) is 6.59. The van der Waals surface area contributed by atoms with Gasteiger partial charge in [-0.15, -0.1) is 0 Å². The van der Waals surface area contributed by atoms with E-state index in [4.69, 9.17) is 4.74 Å². The minimum Gasteiger partial charge on any atom is -0.506 e. The molecule has 1 aliphatic heterocycles. The summed E-state index contributed by atoms with van der Waals surface area (Å²) in [5, 5.41) is 22.3. The number of hydrogen-bond donors (Lipinski definition) is 3. The van der Waals surface area contributed by atoms with E-state index in [1.807, 2.05) is 24.3 Å². The zero-order valence-electron chi connectivity index (χ0n) is 12.9. The molecule has 0 amide bonds. The van der Waals surface area contributed by atoms with Crippen molar-refractivity contribution >= 4 is 27.8 Å². The average molecular weight is 311 g/mol. The Hall–Kier alpha value is -2.53. The third-order valence-electron chi connectivity index (χ3n) is 4.52. The van der Waals surface area contributed by atoms with Crippen molar-refractivity contribution in [2.24, 2.45) is 0 Å². The molecule has 4 rings (SSSR count). The van der Waals surface area contributed by atoms with Crippen LogP contribution < -0.4 is 0 Å². The number of aromatic nitrogens is 1. The van der Waals surface area contributed by atoms with E-state index >= 15 is 0 Å². The topological polar surface area (TPSA) is 82.5 Å². The van der Waals surface area contributed by atoms with E-state index in [0.717, 1.165) is 21.9 Å². The van der Waals surface area contributed by atoms with Crippen LogP contribution in [0, 0.1) is 0 Å². The third kappa shape index (κ3) is 2.00. The molecule has 0 fully saturated rings. The smallest absolute Gasteiger partial charge is 0.338 e. The lowest BCUT2D eigenvalue weighted by Crippen LogP contribution is -2.44. The summed E-state index contributed by atoms with van der Waals surface area (Å²) in [6, 6.07) is 9.15. The highest BCUT2D eigenvalue weighted by atomic mass is 16.6. The summed E-state index contributed by atoms with van der Waals surface area (Å²) in [4.78, 5) is 15.5. The van der Waals surface area contributed by atoms with Gasteiger partial charge in [-0.3, -0.25) is 0 Å². The van der Waals surface area contributed by atoms with Crippen molar-refractivity contribution < 1.29 is 19.7 Å². The van der Waals surface area contributed by atoms with Crippen LogP contribution in [0.15, 0.2) is 30.3 Å². The Morgan fingerprint density at radius 1 is 1.30 bits per heavy atom. The van der Waals surface area contributed by atoms with E-state index in [1.54, 1.807) is 13.8 Å². The fourth-order valence-corrected chi connectivity index (χ4v) is 3.29. The van der Waals surface area contributed by atoms with Gasteiger partial charge in [0, 0.05) is 22.7 Å². The highest BCUT2D eigenvalue weighted by Gasteiger charge is 2.37. The van der Waals surface area contributed by atoms with Gasteiger partial charge in [0.1, 0.15) is 11.9 Å². The Morgan fingerprint density at radius 3 is 2.78 bits per heavy atom. The number of H-pyrrole nitrogens is 1. The van der Waals surface area contributed by atoms with E-state index in [9.17, 15) is 15.0 Å². The van der Waals surface area contributed by atoms with Crippen LogP contribution in [0.1, 0.15) is 29.8 Å². The molecule has 118 valence electrons. The van der Waals surface area contributed by atoms with E-state index in [2.05, 4.69) is 4.98 Å². The lowest BCUT2D eigenvalue weighted by atomic mass is 9.87. The fraction of sp³-hybridized carbons (Fsp3) is 0.278. The molecule has 0 aliphatic carbocycles. The number of phenols is 1. The van der Waals surface area contributed by atoms with Crippen molar-refractivity contribution in [3.8, 4) is 5.75 Å². The summed E-state index contributed by atoms with van der Waals surface area (Å²) < 4.78 is 5.36. The molecule has 5 heteroatoms. The number of phenolic OH excluding ortho intramolecular Hbond substituents is 1. The van der Waals surface area contributed by atoms with Gasteiger partial charge in [-0.1, -0.05) is 18.2 Å². The van der Waals surface area contributed by atoms with E-state index < -0.39 is 17.7 Å². The maximum absolute atomic E-state index is 12.3. The predicted molar refractivity (Wildman–Crippen MR) is 86.7 cm³/mol. The molecule has 3 aromatic rings. The SMILES string of the molecule is CC(C)(O)[C@H]1Cc2c(cc(O)c3[nH]c4ccccc4c23)C(=O)O1. The lowest BCUT2D eigenvalue weighted by molar-refractivity contribution is -0.0673. The number of nitrogens with one attached hydrogen (secondary N) is 1. The number of aromatic amines is 1. The summed E-state index contributed by atoms with van der Waals surface area (Å²) in [5.74, 6) is -0.491. The van der Waals surface area contributed by atoms with Crippen molar-refractivity contribution in [1.29, 1.82) is 0 Å². The van der Waals surface area contributed by atoms with Crippen LogP contribution in [0.3, 0.4) is 0 Å².